The second kappa shape index (κ2) is 4.51. The highest BCUT2D eigenvalue weighted by Crippen LogP contribution is 2.27. The minimum absolute atomic E-state index is 0.102. The molecule has 0 bridgehead atoms. The molecule has 0 amide bonds. The zero-order valence-electron chi connectivity index (χ0n) is 10.2. The highest BCUT2D eigenvalue weighted by Gasteiger charge is 2.19. The molecule has 7 heteroatoms. The molecule has 2 aromatic heterocycles. The van der Waals surface area contributed by atoms with Gasteiger partial charge in [-0.2, -0.15) is 0 Å². The minimum Gasteiger partial charge on any atom is -0.477 e. The maximum Gasteiger partial charge on any atom is 0.346 e. The van der Waals surface area contributed by atoms with Crippen LogP contribution in [0.25, 0.3) is 10.2 Å². The number of carboxylic acids is 1. The molecule has 2 aromatic rings. The third kappa shape index (κ3) is 1.81. The Morgan fingerprint density at radius 2 is 2.17 bits per heavy atom. The number of aromatic carboxylic acids is 1. The molecule has 0 unspecified atom stereocenters. The van der Waals surface area contributed by atoms with Gasteiger partial charge in [-0.3, -0.25) is 9.36 Å². The largest absolute Gasteiger partial charge is 0.477 e. The molecule has 96 valence electrons. The van der Waals surface area contributed by atoms with Gasteiger partial charge in [-0.15, -0.1) is 11.3 Å². The molecule has 2 heterocycles. The molecule has 18 heavy (non-hydrogen) atoms. The number of ether oxygens (including phenoxy) is 1. The first-order valence-corrected chi connectivity index (χ1v) is 6.01. The van der Waals surface area contributed by atoms with Crippen LogP contribution in [0, 0.1) is 13.8 Å². The van der Waals surface area contributed by atoms with Crippen LogP contribution in [0.5, 0.6) is 0 Å². The van der Waals surface area contributed by atoms with Gasteiger partial charge in [0.05, 0.1) is 5.39 Å². The predicted molar refractivity (Wildman–Crippen MR) is 67.3 cm³/mol. The molecule has 0 aliphatic rings. The van der Waals surface area contributed by atoms with Crippen molar-refractivity contribution in [1.82, 2.24) is 9.55 Å². The van der Waals surface area contributed by atoms with Crippen molar-refractivity contribution in [2.75, 3.05) is 7.11 Å². The Kier molecular flexibility index (Phi) is 3.18. The number of hydrogen-bond donors (Lipinski definition) is 1. The van der Waals surface area contributed by atoms with Gasteiger partial charge >= 0.3 is 5.97 Å². The molecule has 6 nitrogen and oxygen atoms in total. The van der Waals surface area contributed by atoms with Crippen LogP contribution in [0.3, 0.4) is 0 Å². The summed E-state index contributed by atoms with van der Waals surface area (Å²) in [6.07, 6.45) is 0. The highest BCUT2D eigenvalue weighted by atomic mass is 32.1. The van der Waals surface area contributed by atoms with Crippen LogP contribution in [0.4, 0.5) is 0 Å². The van der Waals surface area contributed by atoms with E-state index in [-0.39, 0.29) is 17.2 Å². The fraction of sp³-hybridized carbons (Fsp3) is 0.364. The van der Waals surface area contributed by atoms with Crippen LogP contribution in [-0.4, -0.2) is 27.7 Å². The maximum absolute atomic E-state index is 12.3. The first-order valence-electron chi connectivity index (χ1n) is 5.20. The van der Waals surface area contributed by atoms with Crippen molar-refractivity contribution in [2.45, 2.75) is 20.6 Å². The van der Waals surface area contributed by atoms with Gasteiger partial charge in [0.15, 0.2) is 0 Å². The van der Waals surface area contributed by atoms with Crippen LogP contribution < -0.4 is 5.56 Å². The van der Waals surface area contributed by atoms with E-state index in [2.05, 4.69) is 4.98 Å². The minimum atomic E-state index is -1.04. The summed E-state index contributed by atoms with van der Waals surface area (Å²) < 4.78 is 6.33. The molecular weight excluding hydrogens is 256 g/mol. The van der Waals surface area contributed by atoms with Crippen molar-refractivity contribution in [2.24, 2.45) is 0 Å². The van der Waals surface area contributed by atoms with Crippen LogP contribution >= 0.6 is 11.3 Å². The lowest BCUT2D eigenvalue weighted by Gasteiger charge is -2.07. The molecule has 0 radical (unpaired) electrons. The predicted octanol–water partition coefficient (Wildman–Crippen LogP) is 1.38. The quantitative estimate of drug-likeness (QED) is 0.909. The van der Waals surface area contributed by atoms with Gasteiger partial charge in [0.1, 0.15) is 22.3 Å². The van der Waals surface area contributed by atoms with E-state index in [0.717, 1.165) is 11.3 Å². The highest BCUT2D eigenvalue weighted by molar-refractivity contribution is 7.20. The summed E-state index contributed by atoms with van der Waals surface area (Å²) >= 11 is 1.02. The van der Waals surface area contributed by atoms with E-state index in [9.17, 15) is 9.59 Å². The summed E-state index contributed by atoms with van der Waals surface area (Å²) in [5.41, 5.74) is 0.199. The molecule has 0 spiro atoms. The molecule has 0 atom stereocenters. The Bertz CT molecular complexity index is 686. The number of carbonyl (C=O) groups is 1. The first kappa shape index (κ1) is 12.7. The Balaban J connectivity index is 2.85. The average Bonchev–Trinajstić information content (AvgIpc) is 2.62. The van der Waals surface area contributed by atoms with Gasteiger partial charge in [-0.05, 0) is 19.4 Å². The van der Waals surface area contributed by atoms with E-state index in [1.165, 1.54) is 11.7 Å². The summed E-state index contributed by atoms with van der Waals surface area (Å²) in [7, 11) is 1.49. The SMILES string of the molecule is COCn1c(C)nc2sc(C(=O)O)c(C)c2c1=O. The fourth-order valence-electron chi connectivity index (χ4n) is 1.80. The van der Waals surface area contributed by atoms with Gasteiger partial charge in [0, 0.05) is 7.11 Å². The van der Waals surface area contributed by atoms with Crippen molar-refractivity contribution >= 4 is 27.5 Å². The summed E-state index contributed by atoms with van der Waals surface area (Å²) in [5, 5.41) is 9.41. The van der Waals surface area contributed by atoms with Gasteiger partial charge in [0.2, 0.25) is 0 Å². The summed E-state index contributed by atoms with van der Waals surface area (Å²) in [4.78, 5) is 28.2. The molecule has 0 saturated carbocycles. The fourth-order valence-corrected chi connectivity index (χ4v) is 2.86. The molecular formula is C11H12N2O4S. The third-order valence-electron chi connectivity index (χ3n) is 2.69. The van der Waals surface area contributed by atoms with E-state index in [4.69, 9.17) is 9.84 Å². The maximum atomic E-state index is 12.3. The Morgan fingerprint density at radius 3 is 2.72 bits per heavy atom. The van der Waals surface area contributed by atoms with Crippen molar-refractivity contribution in [1.29, 1.82) is 0 Å². The van der Waals surface area contributed by atoms with Gasteiger partial charge in [-0.25, -0.2) is 9.78 Å². The molecule has 1 N–H and O–H groups in total. The Labute approximate surface area is 106 Å². The van der Waals surface area contributed by atoms with Gasteiger partial charge in [0.25, 0.3) is 5.56 Å². The average molecular weight is 268 g/mol. The number of aromatic nitrogens is 2. The van der Waals surface area contributed by atoms with Crippen molar-refractivity contribution in [3.63, 3.8) is 0 Å². The molecule has 0 aromatic carbocycles. The monoisotopic (exact) mass is 268 g/mol. The number of fused-ring (bicyclic) bond motifs is 1. The molecule has 2 rings (SSSR count). The van der Waals surface area contributed by atoms with Crippen LogP contribution in [-0.2, 0) is 11.5 Å². The summed E-state index contributed by atoms with van der Waals surface area (Å²) in [5.74, 6) is -0.529. The van der Waals surface area contributed by atoms with Gasteiger partial charge in [-0.1, -0.05) is 0 Å². The Morgan fingerprint density at radius 1 is 1.50 bits per heavy atom. The van der Waals surface area contributed by atoms with E-state index in [1.807, 2.05) is 0 Å². The topological polar surface area (TPSA) is 81.4 Å². The zero-order chi connectivity index (χ0) is 13.4. The van der Waals surface area contributed by atoms with Crippen LogP contribution in [0.2, 0.25) is 0 Å². The van der Waals surface area contributed by atoms with Crippen molar-refractivity contribution < 1.29 is 14.6 Å². The number of nitrogens with zero attached hydrogens (tertiary/aromatic N) is 2. The molecule has 0 saturated heterocycles. The summed E-state index contributed by atoms with van der Waals surface area (Å²) in [6.45, 7) is 3.42. The number of carboxylic acid groups (broad SMARTS) is 1. The number of aryl methyl sites for hydroxylation is 2. The van der Waals surface area contributed by atoms with E-state index >= 15 is 0 Å². The van der Waals surface area contributed by atoms with Crippen molar-refractivity contribution in [3.05, 3.63) is 26.6 Å². The number of thiophene rings is 1. The molecule has 0 aliphatic carbocycles. The number of methoxy groups -OCH3 is 1. The molecule has 0 fully saturated rings. The van der Waals surface area contributed by atoms with E-state index < -0.39 is 5.97 Å². The van der Waals surface area contributed by atoms with Crippen LogP contribution in [0.15, 0.2) is 4.79 Å². The van der Waals surface area contributed by atoms with Gasteiger partial charge < -0.3 is 9.84 Å². The zero-order valence-corrected chi connectivity index (χ0v) is 11.0. The summed E-state index contributed by atoms with van der Waals surface area (Å²) in [6, 6.07) is 0. The third-order valence-corrected chi connectivity index (χ3v) is 3.87. The lowest BCUT2D eigenvalue weighted by atomic mass is 10.2. The lowest BCUT2D eigenvalue weighted by Crippen LogP contribution is -2.24. The second-order valence-corrected chi connectivity index (χ2v) is 4.85. The standard InChI is InChI=1S/C11H12N2O4S/c1-5-7-9(18-8(5)11(15)16)12-6(2)13(4-17-3)10(7)14/h4H2,1-3H3,(H,15,16). The van der Waals surface area contributed by atoms with E-state index in [1.54, 1.807) is 13.8 Å². The van der Waals surface area contributed by atoms with Crippen molar-refractivity contribution in [3.8, 4) is 0 Å². The molecule has 0 aliphatic heterocycles. The smallest absolute Gasteiger partial charge is 0.346 e. The van der Waals surface area contributed by atoms with E-state index in [0.29, 0.717) is 21.6 Å². The number of hydrogen-bond acceptors (Lipinski definition) is 5. The second-order valence-electron chi connectivity index (χ2n) is 3.85. The number of rotatable bonds is 3. The normalized spacial score (nSPS) is 11.1. The lowest BCUT2D eigenvalue weighted by molar-refractivity contribution is 0.0701. The first-order chi connectivity index (χ1) is 8.47. The van der Waals surface area contributed by atoms with Crippen LogP contribution in [0.1, 0.15) is 21.1 Å². The Hall–Kier alpha value is -1.73.